The summed E-state index contributed by atoms with van der Waals surface area (Å²) in [6.07, 6.45) is -9.92. The van der Waals surface area contributed by atoms with E-state index in [0.717, 1.165) is 19.4 Å². The standard InChI is InChI=1S/C31H40O14S/c1-6-46-31-28(43-23(36)13-12-16(2)32)26(24-22(42-31)15-37-29(44-24)20-10-8-7-9-11-20)45-30-27(41-19(5)35)25(40-18(4)34)21(14-38-30)39-17(3)33/h7-11,21-22,24-31H,6,12-15H2,1-5H3/t21-,22-,24-,25+,26+,27-,28-,29-,30+,31+/m1/s1. The second-order valence-corrected chi connectivity index (χ2v) is 12.3. The molecule has 1 aromatic carbocycles. The van der Waals surface area contributed by atoms with Crippen LogP contribution in [-0.2, 0) is 66.6 Å². The van der Waals surface area contributed by atoms with Crippen molar-refractivity contribution in [2.75, 3.05) is 19.0 Å². The molecule has 3 aliphatic heterocycles. The number of benzene rings is 1. The van der Waals surface area contributed by atoms with Crippen LogP contribution in [0.4, 0.5) is 0 Å². The summed E-state index contributed by atoms with van der Waals surface area (Å²) in [5.74, 6) is -2.39. The Bertz CT molecular complexity index is 1230. The lowest BCUT2D eigenvalue weighted by atomic mass is 9.97. The molecule has 10 atom stereocenters. The van der Waals surface area contributed by atoms with E-state index >= 15 is 0 Å². The van der Waals surface area contributed by atoms with Crippen molar-refractivity contribution in [1.29, 1.82) is 0 Å². The molecule has 0 aliphatic carbocycles. The van der Waals surface area contributed by atoms with Crippen LogP contribution in [-0.4, -0.2) is 103 Å². The van der Waals surface area contributed by atoms with E-state index in [2.05, 4.69) is 0 Å². The van der Waals surface area contributed by atoms with Crippen molar-refractivity contribution in [1.82, 2.24) is 0 Å². The van der Waals surface area contributed by atoms with Crippen molar-refractivity contribution in [3.8, 4) is 0 Å². The second kappa shape index (κ2) is 16.7. The maximum absolute atomic E-state index is 13.0. The lowest BCUT2D eigenvalue weighted by Gasteiger charge is -2.50. The van der Waals surface area contributed by atoms with Gasteiger partial charge in [0.15, 0.2) is 37.0 Å². The van der Waals surface area contributed by atoms with E-state index in [1.165, 1.54) is 25.6 Å². The van der Waals surface area contributed by atoms with Crippen LogP contribution in [0.1, 0.15) is 59.3 Å². The third-order valence-corrected chi connectivity index (χ3v) is 8.27. The van der Waals surface area contributed by atoms with Crippen LogP contribution >= 0.6 is 11.8 Å². The Kier molecular flexibility index (Phi) is 13.0. The third-order valence-electron chi connectivity index (χ3n) is 7.23. The first-order valence-corrected chi connectivity index (χ1v) is 16.1. The Labute approximate surface area is 270 Å². The largest absolute Gasteiger partial charge is 0.456 e. The number of ether oxygens (including phenoxy) is 9. The highest BCUT2D eigenvalue weighted by Gasteiger charge is 2.56. The van der Waals surface area contributed by atoms with Crippen molar-refractivity contribution < 1.29 is 66.6 Å². The van der Waals surface area contributed by atoms with E-state index in [4.69, 9.17) is 42.6 Å². The Morgan fingerprint density at radius 2 is 1.43 bits per heavy atom. The second-order valence-electron chi connectivity index (χ2n) is 10.9. The van der Waals surface area contributed by atoms with Crippen LogP contribution in [0.2, 0.25) is 0 Å². The van der Waals surface area contributed by atoms with E-state index in [0.29, 0.717) is 5.75 Å². The Hall–Kier alpha value is -3.08. The summed E-state index contributed by atoms with van der Waals surface area (Å²) in [7, 11) is 0. The van der Waals surface area contributed by atoms with Gasteiger partial charge < -0.3 is 47.4 Å². The highest BCUT2D eigenvalue weighted by atomic mass is 32.2. The molecule has 46 heavy (non-hydrogen) atoms. The fourth-order valence-corrected chi connectivity index (χ4v) is 6.32. The number of esters is 4. The number of ketones is 1. The molecule has 0 amide bonds. The average Bonchev–Trinajstić information content (AvgIpc) is 3.00. The van der Waals surface area contributed by atoms with Crippen LogP contribution in [0.5, 0.6) is 0 Å². The zero-order valence-electron chi connectivity index (χ0n) is 26.3. The van der Waals surface area contributed by atoms with Crippen LogP contribution in [0.3, 0.4) is 0 Å². The van der Waals surface area contributed by atoms with Crippen LogP contribution in [0.25, 0.3) is 0 Å². The zero-order chi connectivity index (χ0) is 33.4. The summed E-state index contributed by atoms with van der Waals surface area (Å²) in [4.78, 5) is 60.8. The number of Topliss-reactive ketones (excluding diaryl/α,β-unsaturated/α-hetero) is 1. The van der Waals surface area contributed by atoms with E-state index < -0.39 is 84.6 Å². The van der Waals surface area contributed by atoms with Gasteiger partial charge in [0, 0.05) is 32.8 Å². The molecule has 0 spiro atoms. The van der Waals surface area contributed by atoms with Crippen molar-refractivity contribution in [2.24, 2.45) is 0 Å². The van der Waals surface area contributed by atoms with E-state index in [1.54, 1.807) is 0 Å². The first-order valence-electron chi connectivity index (χ1n) is 15.0. The number of hydrogen-bond acceptors (Lipinski definition) is 15. The maximum Gasteiger partial charge on any atom is 0.306 e. The molecular weight excluding hydrogens is 628 g/mol. The monoisotopic (exact) mass is 668 g/mol. The molecular formula is C31H40O14S. The number of thioether (sulfide) groups is 1. The van der Waals surface area contributed by atoms with Crippen molar-refractivity contribution in [3.63, 3.8) is 0 Å². The first kappa shape index (κ1) is 35.8. The fourth-order valence-electron chi connectivity index (χ4n) is 5.37. The predicted molar refractivity (Wildman–Crippen MR) is 158 cm³/mol. The molecule has 4 rings (SSSR count). The minimum Gasteiger partial charge on any atom is -0.456 e. The van der Waals surface area contributed by atoms with Gasteiger partial charge in [-0.1, -0.05) is 37.3 Å². The molecule has 3 saturated heterocycles. The van der Waals surface area contributed by atoms with Gasteiger partial charge in [0.2, 0.25) is 0 Å². The average molecular weight is 669 g/mol. The summed E-state index contributed by atoms with van der Waals surface area (Å²) in [5, 5.41) is 0. The van der Waals surface area contributed by atoms with Crippen molar-refractivity contribution in [2.45, 2.75) is 108 Å². The van der Waals surface area contributed by atoms with Gasteiger partial charge in [-0.05, 0) is 12.7 Å². The number of hydrogen-bond donors (Lipinski definition) is 0. The first-order chi connectivity index (χ1) is 22.0. The number of carbonyl (C=O) groups excluding carboxylic acids is 5. The maximum atomic E-state index is 13.0. The molecule has 15 heteroatoms. The highest BCUT2D eigenvalue weighted by molar-refractivity contribution is 7.99. The predicted octanol–water partition coefficient (Wildman–Crippen LogP) is 2.40. The van der Waals surface area contributed by atoms with Gasteiger partial charge in [-0.3, -0.25) is 19.2 Å². The number of carbonyl (C=O) groups is 5. The van der Waals surface area contributed by atoms with E-state index in [1.807, 2.05) is 37.3 Å². The van der Waals surface area contributed by atoms with E-state index in [9.17, 15) is 24.0 Å². The zero-order valence-corrected chi connectivity index (χ0v) is 27.1. The van der Waals surface area contributed by atoms with Crippen LogP contribution in [0, 0.1) is 0 Å². The summed E-state index contributed by atoms with van der Waals surface area (Å²) in [5.41, 5.74) is -0.0163. The van der Waals surface area contributed by atoms with Gasteiger partial charge in [0.25, 0.3) is 0 Å². The minimum atomic E-state index is -1.39. The SMILES string of the molecule is CCS[C@@H]1O[C@@H]2CO[C@@H](c3ccccc3)O[C@H]2[C@H](O[C@@H]2OC[C@@H](OC(C)=O)[C@H](OC(C)=O)[C@H]2OC(C)=O)[C@H]1OC(=O)CCC(C)=O. The highest BCUT2D eigenvalue weighted by Crippen LogP contribution is 2.41. The van der Waals surface area contributed by atoms with Gasteiger partial charge >= 0.3 is 23.9 Å². The molecule has 0 N–H and O–H groups in total. The normalized spacial score (nSPS) is 32.4. The molecule has 0 bridgehead atoms. The summed E-state index contributed by atoms with van der Waals surface area (Å²) < 4.78 is 53.5. The minimum absolute atomic E-state index is 0.0160. The fraction of sp³-hybridized carbons (Fsp3) is 0.645. The lowest BCUT2D eigenvalue weighted by molar-refractivity contribution is -0.358. The summed E-state index contributed by atoms with van der Waals surface area (Å²) in [6, 6.07) is 9.19. The van der Waals surface area contributed by atoms with Gasteiger partial charge in [0.05, 0.1) is 19.6 Å². The molecule has 1 aromatic rings. The Balaban J connectivity index is 1.71. The molecule has 3 aliphatic rings. The molecule has 3 heterocycles. The third kappa shape index (κ3) is 9.48. The molecule has 254 valence electrons. The Morgan fingerprint density at radius 1 is 0.761 bits per heavy atom. The van der Waals surface area contributed by atoms with Gasteiger partial charge in [-0.2, -0.15) is 0 Å². The molecule has 0 saturated carbocycles. The van der Waals surface area contributed by atoms with Gasteiger partial charge in [-0.25, -0.2) is 0 Å². The lowest BCUT2D eigenvalue weighted by Crippen LogP contribution is -2.66. The van der Waals surface area contributed by atoms with Gasteiger partial charge in [0.1, 0.15) is 29.5 Å². The number of fused-ring (bicyclic) bond motifs is 1. The molecule has 14 nitrogen and oxygen atoms in total. The summed E-state index contributed by atoms with van der Waals surface area (Å²) in [6.45, 7) is 6.61. The van der Waals surface area contributed by atoms with Crippen LogP contribution < -0.4 is 0 Å². The smallest absolute Gasteiger partial charge is 0.306 e. The van der Waals surface area contributed by atoms with Crippen molar-refractivity contribution >= 4 is 41.4 Å². The molecule has 3 fully saturated rings. The van der Waals surface area contributed by atoms with Gasteiger partial charge in [-0.15, -0.1) is 11.8 Å². The topological polar surface area (TPSA) is 168 Å². The van der Waals surface area contributed by atoms with E-state index in [-0.39, 0.29) is 31.8 Å². The van der Waals surface area contributed by atoms with Crippen molar-refractivity contribution in [3.05, 3.63) is 35.9 Å². The number of rotatable bonds is 12. The summed E-state index contributed by atoms with van der Waals surface area (Å²) >= 11 is 1.36. The molecule has 0 aromatic heterocycles. The Morgan fingerprint density at radius 3 is 2.07 bits per heavy atom. The van der Waals surface area contributed by atoms with Crippen LogP contribution in [0.15, 0.2) is 30.3 Å². The quantitative estimate of drug-likeness (QED) is 0.235. The molecule has 0 unspecified atom stereocenters. The molecule has 0 radical (unpaired) electrons.